The molecular formula is C18H21FN4O2. The standard InChI is InChI=1S/C11H12FN3.C7H9NO2/c1-13-11-6-14-15(8-11)7-9-3-2-4-10(12)5-9;1-5(2)7-3-6(4-9)8-10-7/h2-6,8,13H,7H2,1H3;3-5H,1-2H3. The van der Waals surface area contributed by atoms with Gasteiger partial charge in [-0.3, -0.25) is 9.48 Å². The van der Waals surface area contributed by atoms with Crippen LogP contribution in [0.5, 0.6) is 0 Å². The summed E-state index contributed by atoms with van der Waals surface area (Å²) < 4.78 is 19.5. The maximum Gasteiger partial charge on any atom is 0.171 e. The van der Waals surface area contributed by atoms with Gasteiger partial charge < -0.3 is 9.84 Å². The fourth-order valence-electron chi connectivity index (χ4n) is 2.03. The van der Waals surface area contributed by atoms with Gasteiger partial charge in [-0.2, -0.15) is 5.10 Å². The Morgan fingerprint density at radius 2 is 2.16 bits per heavy atom. The van der Waals surface area contributed by atoms with E-state index in [9.17, 15) is 9.18 Å². The van der Waals surface area contributed by atoms with Crippen molar-refractivity contribution in [3.05, 3.63) is 65.6 Å². The second-order valence-corrected chi connectivity index (χ2v) is 5.73. The number of hydrogen-bond acceptors (Lipinski definition) is 5. The summed E-state index contributed by atoms with van der Waals surface area (Å²) in [7, 11) is 1.84. The summed E-state index contributed by atoms with van der Waals surface area (Å²) in [6, 6.07) is 8.18. The molecule has 0 saturated carbocycles. The molecule has 0 radical (unpaired) electrons. The molecule has 6 nitrogen and oxygen atoms in total. The number of aromatic nitrogens is 3. The molecule has 7 heteroatoms. The Labute approximate surface area is 145 Å². The maximum absolute atomic E-state index is 12.9. The van der Waals surface area contributed by atoms with Crippen molar-refractivity contribution in [3.8, 4) is 0 Å². The molecule has 2 heterocycles. The summed E-state index contributed by atoms with van der Waals surface area (Å²) in [5.41, 5.74) is 2.22. The van der Waals surface area contributed by atoms with Crippen molar-refractivity contribution in [3.63, 3.8) is 0 Å². The normalized spacial score (nSPS) is 10.3. The third-order valence-corrected chi connectivity index (χ3v) is 3.39. The number of carbonyl (C=O) groups excluding carboxylic acids is 1. The number of hydrogen-bond donors (Lipinski definition) is 1. The number of anilines is 1. The summed E-state index contributed by atoms with van der Waals surface area (Å²) in [5.74, 6) is 0.830. The van der Waals surface area contributed by atoms with Gasteiger partial charge in [-0.25, -0.2) is 4.39 Å². The predicted octanol–water partition coefficient (Wildman–Crippen LogP) is 3.72. The molecule has 0 aliphatic heterocycles. The van der Waals surface area contributed by atoms with Crippen molar-refractivity contribution >= 4 is 12.0 Å². The van der Waals surface area contributed by atoms with Crippen LogP contribution >= 0.6 is 0 Å². The van der Waals surface area contributed by atoms with Gasteiger partial charge in [0.15, 0.2) is 6.29 Å². The molecule has 1 aromatic carbocycles. The zero-order valence-electron chi connectivity index (χ0n) is 14.4. The number of carbonyl (C=O) groups is 1. The Balaban J connectivity index is 0.000000196. The number of nitrogens with one attached hydrogen (secondary N) is 1. The van der Waals surface area contributed by atoms with Crippen molar-refractivity contribution in [1.82, 2.24) is 14.9 Å². The van der Waals surface area contributed by atoms with Crippen LogP contribution in [0.4, 0.5) is 10.1 Å². The zero-order chi connectivity index (χ0) is 18.2. The summed E-state index contributed by atoms with van der Waals surface area (Å²) in [5, 5.41) is 10.6. The average molecular weight is 344 g/mol. The van der Waals surface area contributed by atoms with Crippen LogP contribution in [0.1, 0.15) is 41.6 Å². The van der Waals surface area contributed by atoms with Crippen molar-refractivity contribution in [1.29, 1.82) is 0 Å². The zero-order valence-corrected chi connectivity index (χ0v) is 14.4. The number of rotatable bonds is 5. The highest BCUT2D eigenvalue weighted by atomic mass is 19.1. The predicted molar refractivity (Wildman–Crippen MR) is 93.3 cm³/mol. The van der Waals surface area contributed by atoms with E-state index >= 15 is 0 Å². The summed E-state index contributed by atoms with van der Waals surface area (Å²) >= 11 is 0. The average Bonchev–Trinajstić information content (AvgIpc) is 3.24. The molecule has 1 N–H and O–H groups in total. The van der Waals surface area contributed by atoms with Gasteiger partial charge >= 0.3 is 0 Å². The first kappa shape index (κ1) is 18.4. The third kappa shape index (κ3) is 5.56. The van der Waals surface area contributed by atoms with Gasteiger partial charge in [-0.1, -0.05) is 31.1 Å². The Hall–Kier alpha value is -2.96. The van der Waals surface area contributed by atoms with Gasteiger partial charge in [0.2, 0.25) is 0 Å². The molecule has 2 aromatic heterocycles. The molecule has 0 saturated heterocycles. The van der Waals surface area contributed by atoms with E-state index in [1.165, 1.54) is 12.1 Å². The van der Waals surface area contributed by atoms with Crippen LogP contribution in [0.2, 0.25) is 0 Å². The second-order valence-electron chi connectivity index (χ2n) is 5.73. The van der Waals surface area contributed by atoms with Gasteiger partial charge in [0.05, 0.1) is 18.4 Å². The molecule has 25 heavy (non-hydrogen) atoms. The van der Waals surface area contributed by atoms with Crippen LogP contribution in [0, 0.1) is 5.82 Å². The van der Waals surface area contributed by atoms with E-state index in [0.29, 0.717) is 24.4 Å². The van der Waals surface area contributed by atoms with Gasteiger partial charge in [0, 0.05) is 25.2 Å². The van der Waals surface area contributed by atoms with Crippen molar-refractivity contribution in [2.45, 2.75) is 26.3 Å². The molecule has 0 amide bonds. The summed E-state index contributed by atoms with van der Waals surface area (Å²) in [6.45, 7) is 4.55. The molecular weight excluding hydrogens is 323 g/mol. The SMILES string of the molecule is CC(C)c1cc(C=O)no1.CNc1cnn(Cc2cccc(F)c2)c1. The smallest absolute Gasteiger partial charge is 0.171 e. The molecule has 0 spiro atoms. The largest absolute Gasteiger partial charge is 0.386 e. The van der Waals surface area contributed by atoms with E-state index in [1.807, 2.05) is 33.2 Å². The minimum atomic E-state index is -0.214. The minimum absolute atomic E-state index is 0.214. The van der Waals surface area contributed by atoms with Crippen LogP contribution in [-0.4, -0.2) is 28.3 Å². The molecule has 3 aromatic rings. The molecule has 0 aliphatic carbocycles. The van der Waals surface area contributed by atoms with Gasteiger partial charge in [-0.05, 0) is 17.7 Å². The van der Waals surface area contributed by atoms with E-state index in [1.54, 1.807) is 23.0 Å². The second kappa shape index (κ2) is 8.77. The van der Waals surface area contributed by atoms with E-state index in [-0.39, 0.29) is 5.82 Å². The lowest BCUT2D eigenvalue weighted by molar-refractivity contribution is 0.111. The quantitative estimate of drug-likeness (QED) is 0.714. The molecule has 0 fully saturated rings. The molecule has 132 valence electrons. The van der Waals surface area contributed by atoms with E-state index in [0.717, 1.165) is 17.0 Å². The fraction of sp³-hybridized carbons (Fsp3) is 0.278. The summed E-state index contributed by atoms with van der Waals surface area (Å²) in [6.07, 6.45) is 4.29. The van der Waals surface area contributed by atoms with Crippen LogP contribution in [0.25, 0.3) is 0 Å². The first-order valence-electron chi connectivity index (χ1n) is 7.88. The first-order valence-corrected chi connectivity index (χ1v) is 7.88. The van der Waals surface area contributed by atoms with Gasteiger partial charge in [-0.15, -0.1) is 0 Å². The topological polar surface area (TPSA) is 73.0 Å². The Kier molecular flexibility index (Phi) is 6.45. The number of halogens is 1. The van der Waals surface area contributed by atoms with Gasteiger partial charge in [0.1, 0.15) is 17.3 Å². The number of nitrogens with zero attached hydrogens (tertiary/aromatic N) is 3. The maximum atomic E-state index is 12.9. The lowest BCUT2D eigenvalue weighted by Gasteiger charge is -2.01. The highest BCUT2D eigenvalue weighted by molar-refractivity contribution is 5.71. The number of benzene rings is 1. The Bertz CT molecular complexity index is 811. The minimum Gasteiger partial charge on any atom is -0.386 e. The molecule has 0 unspecified atom stereocenters. The lowest BCUT2D eigenvalue weighted by atomic mass is 10.1. The highest BCUT2D eigenvalue weighted by Crippen LogP contribution is 2.13. The Morgan fingerprint density at radius 1 is 1.36 bits per heavy atom. The number of aldehydes is 1. The van der Waals surface area contributed by atoms with Crippen molar-refractivity contribution in [2.75, 3.05) is 12.4 Å². The van der Waals surface area contributed by atoms with Crippen LogP contribution in [0.3, 0.4) is 0 Å². The van der Waals surface area contributed by atoms with Gasteiger partial charge in [0.25, 0.3) is 0 Å². The van der Waals surface area contributed by atoms with Crippen LogP contribution in [0.15, 0.2) is 47.2 Å². The van der Waals surface area contributed by atoms with E-state index < -0.39 is 0 Å². The van der Waals surface area contributed by atoms with Crippen molar-refractivity contribution < 1.29 is 13.7 Å². The Morgan fingerprint density at radius 3 is 2.68 bits per heavy atom. The van der Waals surface area contributed by atoms with E-state index in [4.69, 9.17) is 4.52 Å². The van der Waals surface area contributed by atoms with Crippen LogP contribution < -0.4 is 5.32 Å². The highest BCUT2D eigenvalue weighted by Gasteiger charge is 2.05. The monoisotopic (exact) mass is 344 g/mol. The van der Waals surface area contributed by atoms with Crippen LogP contribution in [-0.2, 0) is 6.54 Å². The summed E-state index contributed by atoms with van der Waals surface area (Å²) in [4.78, 5) is 10.1. The first-order chi connectivity index (χ1) is 12.0. The fourth-order valence-corrected chi connectivity index (χ4v) is 2.03. The molecule has 3 rings (SSSR count). The van der Waals surface area contributed by atoms with E-state index in [2.05, 4.69) is 15.6 Å². The molecule has 0 atom stereocenters. The molecule has 0 bridgehead atoms. The molecule has 0 aliphatic rings. The third-order valence-electron chi connectivity index (χ3n) is 3.39. The van der Waals surface area contributed by atoms with Crippen molar-refractivity contribution in [2.24, 2.45) is 0 Å². The lowest BCUT2D eigenvalue weighted by Crippen LogP contribution is -2.00.